The minimum atomic E-state index is -1.28. The quantitative estimate of drug-likeness (QED) is 0.480. The van der Waals surface area contributed by atoms with E-state index in [9.17, 15) is 29.2 Å². The molecule has 0 bridgehead atoms. The summed E-state index contributed by atoms with van der Waals surface area (Å²) in [5.74, 6) is -3.44. The lowest BCUT2D eigenvalue weighted by molar-refractivity contribution is -0.384. The monoisotopic (exact) mass is 386 g/mol. The van der Waals surface area contributed by atoms with Crippen LogP contribution in [0.5, 0.6) is 0 Å². The van der Waals surface area contributed by atoms with Crippen LogP contribution in [0.2, 0.25) is 0 Å². The van der Waals surface area contributed by atoms with E-state index in [2.05, 4.69) is 0 Å². The highest BCUT2D eigenvalue weighted by Gasteiger charge is 2.46. The first-order valence-corrected chi connectivity index (χ1v) is 8.29. The Bertz CT molecular complexity index is 986. The number of aliphatic hydroxyl groups excluding tert-OH is 1. The van der Waals surface area contributed by atoms with Gasteiger partial charge in [-0.3, -0.25) is 19.8 Å². The molecule has 1 aliphatic heterocycles. The van der Waals surface area contributed by atoms with E-state index in [4.69, 9.17) is 4.74 Å². The van der Waals surface area contributed by atoms with Crippen molar-refractivity contribution < 1.29 is 28.7 Å². The molecule has 9 heteroatoms. The molecule has 144 valence electrons. The van der Waals surface area contributed by atoms with E-state index in [0.29, 0.717) is 0 Å². The van der Waals surface area contributed by atoms with Crippen molar-refractivity contribution in [2.24, 2.45) is 0 Å². The predicted molar refractivity (Wildman–Crippen MR) is 96.0 cm³/mol. The Morgan fingerprint density at radius 3 is 2.46 bits per heavy atom. The molecule has 0 spiro atoms. The van der Waals surface area contributed by atoms with Gasteiger partial charge in [0, 0.05) is 23.4 Å². The summed E-state index contributed by atoms with van der Waals surface area (Å²) in [5, 5.41) is 21.2. The van der Waals surface area contributed by atoms with Gasteiger partial charge in [0.15, 0.2) is 5.76 Å². The summed E-state index contributed by atoms with van der Waals surface area (Å²) in [6, 6.07) is 9.12. The molecule has 0 radical (unpaired) electrons. The number of nitro benzene ring substituents is 1. The first kappa shape index (κ1) is 19.0. The Labute approximate surface area is 158 Å². The maximum Gasteiger partial charge on any atom is 0.340 e. The predicted octanol–water partition coefficient (Wildman–Crippen LogP) is 3.20. The number of halogens is 1. The fourth-order valence-corrected chi connectivity index (χ4v) is 3.02. The molecule has 0 saturated carbocycles. The highest BCUT2D eigenvalue weighted by molar-refractivity contribution is 6.15. The van der Waals surface area contributed by atoms with Gasteiger partial charge in [-0.25, -0.2) is 9.18 Å². The molecule has 0 saturated heterocycles. The Morgan fingerprint density at radius 1 is 1.25 bits per heavy atom. The van der Waals surface area contributed by atoms with Gasteiger partial charge in [-0.15, -0.1) is 0 Å². The number of carbonyl (C=O) groups is 2. The second kappa shape index (κ2) is 7.47. The van der Waals surface area contributed by atoms with Gasteiger partial charge in [-0.1, -0.05) is 18.2 Å². The minimum absolute atomic E-state index is 0.00860. The van der Waals surface area contributed by atoms with Gasteiger partial charge in [0.25, 0.3) is 11.6 Å². The largest absolute Gasteiger partial charge is 0.503 e. The van der Waals surface area contributed by atoms with Crippen molar-refractivity contribution >= 4 is 23.3 Å². The molecule has 1 amide bonds. The molecule has 1 heterocycles. The number of nitrogens with zero attached hydrogens (tertiary/aromatic N) is 2. The molecule has 0 aliphatic carbocycles. The molecule has 8 nitrogen and oxygen atoms in total. The van der Waals surface area contributed by atoms with Crippen molar-refractivity contribution in [3.63, 3.8) is 0 Å². The summed E-state index contributed by atoms with van der Waals surface area (Å²) in [6.07, 6.45) is 0. The average molecular weight is 386 g/mol. The number of carbonyl (C=O) groups excluding carboxylic acids is 2. The Balaban J connectivity index is 2.15. The molecule has 2 aromatic carbocycles. The van der Waals surface area contributed by atoms with Crippen LogP contribution in [0, 0.1) is 15.9 Å². The molecule has 28 heavy (non-hydrogen) atoms. The van der Waals surface area contributed by atoms with Gasteiger partial charge in [0.05, 0.1) is 11.5 Å². The lowest BCUT2D eigenvalue weighted by Crippen LogP contribution is -2.31. The van der Waals surface area contributed by atoms with Crippen molar-refractivity contribution in [2.45, 2.75) is 13.0 Å². The van der Waals surface area contributed by atoms with E-state index in [-0.39, 0.29) is 23.5 Å². The number of benzene rings is 2. The number of ether oxygens (including phenoxy) is 1. The number of amides is 1. The maximum atomic E-state index is 14.5. The number of hydrogen-bond donors (Lipinski definition) is 1. The molecular weight excluding hydrogens is 371 g/mol. The van der Waals surface area contributed by atoms with Crippen LogP contribution >= 0.6 is 0 Å². The Morgan fingerprint density at radius 2 is 1.89 bits per heavy atom. The number of hydrogen-bond acceptors (Lipinski definition) is 6. The number of rotatable bonds is 5. The van der Waals surface area contributed by atoms with Crippen LogP contribution < -0.4 is 4.90 Å². The standard InChI is InChI=1S/C19H15FN2O6/c1-2-28-19(25)15-16(13-5-3-4-6-14(13)20)21(18(24)17(15)23)11-7-9-12(10-8-11)22(26)27/h3-10,16,23H,2H2,1H3/t16-/m0/s1. The van der Waals surface area contributed by atoms with Crippen LogP contribution in [0.3, 0.4) is 0 Å². The Kier molecular flexibility index (Phi) is 5.08. The molecule has 1 N–H and O–H groups in total. The molecular formula is C19H15FN2O6. The average Bonchev–Trinajstić information content (AvgIpc) is 2.93. The second-order valence-corrected chi connectivity index (χ2v) is 5.86. The van der Waals surface area contributed by atoms with Gasteiger partial charge >= 0.3 is 5.97 Å². The lowest BCUT2D eigenvalue weighted by atomic mass is 9.98. The summed E-state index contributed by atoms with van der Waals surface area (Å²) in [6.45, 7) is 1.55. The maximum absolute atomic E-state index is 14.5. The molecule has 0 fully saturated rings. The van der Waals surface area contributed by atoms with E-state index in [1.54, 1.807) is 6.92 Å². The van der Waals surface area contributed by atoms with Gasteiger partial charge in [0.2, 0.25) is 0 Å². The van der Waals surface area contributed by atoms with E-state index >= 15 is 0 Å². The van der Waals surface area contributed by atoms with Crippen LogP contribution in [-0.2, 0) is 14.3 Å². The van der Waals surface area contributed by atoms with E-state index < -0.39 is 40.0 Å². The molecule has 3 rings (SSSR count). The summed E-state index contributed by atoms with van der Waals surface area (Å²) in [7, 11) is 0. The lowest BCUT2D eigenvalue weighted by Gasteiger charge is -2.26. The van der Waals surface area contributed by atoms with E-state index in [1.165, 1.54) is 42.5 Å². The zero-order valence-corrected chi connectivity index (χ0v) is 14.7. The Hall–Kier alpha value is -3.75. The van der Waals surface area contributed by atoms with Crippen LogP contribution in [0.25, 0.3) is 0 Å². The molecule has 2 aromatic rings. The van der Waals surface area contributed by atoms with Crippen LogP contribution in [0.4, 0.5) is 15.8 Å². The zero-order valence-electron chi connectivity index (χ0n) is 14.7. The summed E-state index contributed by atoms with van der Waals surface area (Å²) >= 11 is 0. The highest BCUT2D eigenvalue weighted by atomic mass is 19.1. The van der Waals surface area contributed by atoms with Gasteiger partial charge in [-0.2, -0.15) is 0 Å². The number of nitro groups is 1. The summed E-state index contributed by atoms with van der Waals surface area (Å²) in [4.78, 5) is 36.3. The van der Waals surface area contributed by atoms with Crippen molar-refractivity contribution in [1.29, 1.82) is 0 Å². The number of aliphatic hydroxyl groups is 1. The first-order valence-electron chi connectivity index (χ1n) is 8.29. The number of anilines is 1. The zero-order chi connectivity index (χ0) is 20.4. The third kappa shape index (κ3) is 3.18. The normalized spacial score (nSPS) is 16.4. The molecule has 0 unspecified atom stereocenters. The fourth-order valence-electron chi connectivity index (χ4n) is 3.02. The third-order valence-corrected chi connectivity index (χ3v) is 4.24. The number of non-ortho nitro benzene ring substituents is 1. The summed E-state index contributed by atoms with van der Waals surface area (Å²) in [5.41, 5.74) is -0.480. The molecule has 1 atom stereocenters. The minimum Gasteiger partial charge on any atom is -0.503 e. The topological polar surface area (TPSA) is 110 Å². The SMILES string of the molecule is CCOC(=O)C1=C(O)C(=O)N(c2ccc([N+](=O)[O-])cc2)[C@H]1c1ccccc1F. The van der Waals surface area contributed by atoms with Gasteiger partial charge < -0.3 is 9.84 Å². The van der Waals surface area contributed by atoms with Crippen LogP contribution in [0.1, 0.15) is 18.5 Å². The van der Waals surface area contributed by atoms with E-state index in [1.807, 2.05) is 0 Å². The van der Waals surface area contributed by atoms with Crippen molar-refractivity contribution in [1.82, 2.24) is 0 Å². The van der Waals surface area contributed by atoms with E-state index in [0.717, 1.165) is 11.0 Å². The smallest absolute Gasteiger partial charge is 0.340 e. The number of esters is 1. The third-order valence-electron chi connectivity index (χ3n) is 4.24. The molecule has 1 aliphatic rings. The molecule has 0 aromatic heterocycles. The first-order chi connectivity index (χ1) is 13.4. The van der Waals surface area contributed by atoms with Gasteiger partial charge in [-0.05, 0) is 25.1 Å². The summed E-state index contributed by atoms with van der Waals surface area (Å²) < 4.78 is 19.4. The van der Waals surface area contributed by atoms with Crippen LogP contribution in [0.15, 0.2) is 59.9 Å². The van der Waals surface area contributed by atoms with Gasteiger partial charge in [0.1, 0.15) is 17.4 Å². The van der Waals surface area contributed by atoms with Crippen molar-refractivity contribution in [3.05, 3.63) is 81.4 Å². The highest BCUT2D eigenvalue weighted by Crippen LogP contribution is 2.42. The van der Waals surface area contributed by atoms with Crippen molar-refractivity contribution in [2.75, 3.05) is 11.5 Å². The second-order valence-electron chi connectivity index (χ2n) is 5.86. The fraction of sp³-hybridized carbons (Fsp3) is 0.158. The van der Waals surface area contributed by atoms with Crippen molar-refractivity contribution in [3.8, 4) is 0 Å². The van der Waals surface area contributed by atoms with Crippen LogP contribution in [-0.4, -0.2) is 28.5 Å².